The first-order chi connectivity index (χ1) is 7.39. The molecule has 0 aromatic heterocycles. The fourth-order valence-electron chi connectivity index (χ4n) is 1.59. The first kappa shape index (κ1) is 10.9. The predicted molar refractivity (Wildman–Crippen MR) is 62.9 cm³/mol. The number of rotatable bonds is 1. The molecule has 16 heavy (non-hydrogen) atoms. The van der Waals surface area contributed by atoms with Crippen LogP contribution in [0.1, 0.15) is 5.56 Å². The van der Waals surface area contributed by atoms with Gasteiger partial charge in [-0.2, -0.15) is 8.42 Å². The van der Waals surface area contributed by atoms with Gasteiger partial charge >= 0.3 is 0 Å². The number of nitrogens with two attached hydrogens (primary N) is 1. The van der Waals surface area contributed by atoms with Gasteiger partial charge in [0.1, 0.15) is 0 Å². The lowest BCUT2D eigenvalue weighted by molar-refractivity contribution is 0.483. The van der Waals surface area contributed by atoms with Gasteiger partial charge in [-0.05, 0) is 30.0 Å². The highest BCUT2D eigenvalue weighted by atomic mass is 32.2. The lowest BCUT2D eigenvalue weighted by Crippen LogP contribution is -1.99. The zero-order chi connectivity index (χ0) is 11.9. The van der Waals surface area contributed by atoms with Crippen molar-refractivity contribution in [3.05, 3.63) is 35.9 Å². The molecule has 2 aromatic carbocycles. The zero-order valence-corrected chi connectivity index (χ0v) is 9.45. The summed E-state index contributed by atoms with van der Waals surface area (Å²) in [6.07, 6.45) is 0. The van der Waals surface area contributed by atoms with E-state index in [0.717, 1.165) is 10.9 Å². The van der Waals surface area contributed by atoms with Crippen molar-refractivity contribution >= 4 is 26.6 Å². The largest absolute Gasteiger partial charge is 0.398 e. The molecule has 2 rings (SSSR count). The average Bonchev–Trinajstić information content (AvgIpc) is 2.22. The second kappa shape index (κ2) is 3.47. The number of aryl methyl sites for hydroxylation is 1. The molecule has 0 aliphatic heterocycles. The van der Waals surface area contributed by atoms with Crippen LogP contribution in [0.2, 0.25) is 0 Å². The summed E-state index contributed by atoms with van der Waals surface area (Å²) in [7, 11) is -4.18. The molecule has 0 aliphatic carbocycles. The maximum absolute atomic E-state index is 11.0. The summed E-state index contributed by atoms with van der Waals surface area (Å²) in [6, 6.07) is 8.08. The molecule has 0 radical (unpaired) electrons. The highest BCUT2D eigenvalue weighted by Gasteiger charge is 2.11. The third kappa shape index (κ3) is 1.75. The third-order valence-corrected chi connectivity index (χ3v) is 3.40. The van der Waals surface area contributed by atoms with Crippen molar-refractivity contribution in [1.29, 1.82) is 0 Å². The minimum absolute atomic E-state index is 0.141. The van der Waals surface area contributed by atoms with Gasteiger partial charge < -0.3 is 5.73 Å². The molecular formula is C11H11NO3S. The summed E-state index contributed by atoms with van der Waals surface area (Å²) in [5.41, 5.74) is 7.26. The molecule has 5 heteroatoms. The van der Waals surface area contributed by atoms with Crippen molar-refractivity contribution in [2.45, 2.75) is 11.8 Å². The summed E-state index contributed by atoms with van der Waals surface area (Å²) in [5.74, 6) is 0. The fourth-order valence-corrected chi connectivity index (χ4v) is 2.10. The standard InChI is InChI=1S/C11H11NO3S/c1-7-2-3-8-4-5-9(16(13,14)15)6-10(8)11(7)12/h2-6H,12H2,1H3,(H,13,14,15). The minimum Gasteiger partial charge on any atom is -0.398 e. The molecule has 0 atom stereocenters. The first-order valence-corrected chi connectivity index (χ1v) is 6.10. The summed E-state index contributed by atoms with van der Waals surface area (Å²) in [6.45, 7) is 1.84. The van der Waals surface area contributed by atoms with Crippen molar-refractivity contribution in [3.63, 3.8) is 0 Å². The Balaban J connectivity index is 2.84. The molecule has 2 aromatic rings. The van der Waals surface area contributed by atoms with Gasteiger partial charge in [-0.15, -0.1) is 0 Å². The van der Waals surface area contributed by atoms with Crippen LogP contribution >= 0.6 is 0 Å². The number of anilines is 1. The van der Waals surface area contributed by atoms with Crippen LogP contribution in [0.15, 0.2) is 35.2 Å². The van der Waals surface area contributed by atoms with Gasteiger partial charge in [-0.1, -0.05) is 18.2 Å². The molecule has 0 saturated carbocycles. The second-order valence-corrected chi connectivity index (χ2v) is 5.08. The molecule has 0 aliphatic rings. The molecule has 0 saturated heterocycles. The molecule has 4 nitrogen and oxygen atoms in total. The van der Waals surface area contributed by atoms with E-state index in [0.29, 0.717) is 11.1 Å². The molecule has 0 heterocycles. The molecule has 0 unspecified atom stereocenters. The number of fused-ring (bicyclic) bond motifs is 1. The van der Waals surface area contributed by atoms with Crippen LogP contribution < -0.4 is 5.73 Å². The quantitative estimate of drug-likeness (QED) is 0.587. The van der Waals surface area contributed by atoms with E-state index in [4.69, 9.17) is 10.3 Å². The predicted octanol–water partition coefficient (Wildman–Crippen LogP) is 1.98. The number of benzene rings is 2. The Morgan fingerprint density at radius 3 is 2.44 bits per heavy atom. The molecule has 0 bridgehead atoms. The number of hydrogen-bond acceptors (Lipinski definition) is 3. The molecule has 0 spiro atoms. The highest BCUT2D eigenvalue weighted by molar-refractivity contribution is 7.85. The van der Waals surface area contributed by atoms with Gasteiger partial charge in [0.05, 0.1) is 4.90 Å². The first-order valence-electron chi connectivity index (χ1n) is 4.66. The number of hydrogen-bond donors (Lipinski definition) is 2. The lowest BCUT2D eigenvalue weighted by Gasteiger charge is -2.06. The van der Waals surface area contributed by atoms with Crippen molar-refractivity contribution in [2.75, 3.05) is 5.73 Å². The molecule has 84 valence electrons. The van der Waals surface area contributed by atoms with Crippen molar-refractivity contribution in [1.82, 2.24) is 0 Å². The van der Waals surface area contributed by atoms with Crippen LogP contribution in [-0.4, -0.2) is 13.0 Å². The van der Waals surface area contributed by atoms with Crippen LogP contribution in [0, 0.1) is 6.92 Å². The minimum atomic E-state index is -4.18. The summed E-state index contributed by atoms with van der Waals surface area (Å²) in [5, 5.41) is 1.48. The van der Waals surface area contributed by atoms with Crippen molar-refractivity contribution in [3.8, 4) is 0 Å². The van der Waals surface area contributed by atoms with Crippen molar-refractivity contribution in [2.24, 2.45) is 0 Å². The Kier molecular flexibility index (Phi) is 2.36. The van der Waals surface area contributed by atoms with Crippen LogP contribution in [0.25, 0.3) is 10.8 Å². The van der Waals surface area contributed by atoms with Gasteiger partial charge in [0.15, 0.2) is 0 Å². The average molecular weight is 237 g/mol. The van der Waals surface area contributed by atoms with Crippen LogP contribution in [0.3, 0.4) is 0 Å². The Morgan fingerprint density at radius 1 is 1.19 bits per heavy atom. The zero-order valence-electron chi connectivity index (χ0n) is 8.64. The Morgan fingerprint density at radius 2 is 1.81 bits per heavy atom. The smallest absolute Gasteiger partial charge is 0.294 e. The van der Waals surface area contributed by atoms with E-state index in [-0.39, 0.29) is 4.90 Å². The van der Waals surface area contributed by atoms with Gasteiger partial charge in [0, 0.05) is 11.1 Å². The molecule has 0 fully saturated rings. The Labute approximate surface area is 93.4 Å². The van der Waals surface area contributed by atoms with Crippen LogP contribution in [0.5, 0.6) is 0 Å². The van der Waals surface area contributed by atoms with Crippen LogP contribution in [0.4, 0.5) is 5.69 Å². The summed E-state index contributed by atoms with van der Waals surface area (Å²) < 4.78 is 30.9. The second-order valence-electron chi connectivity index (χ2n) is 3.65. The van der Waals surface area contributed by atoms with Gasteiger partial charge in [0.25, 0.3) is 10.1 Å². The lowest BCUT2D eigenvalue weighted by atomic mass is 10.1. The summed E-state index contributed by atoms with van der Waals surface area (Å²) >= 11 is 0. The maximum atomic E-state index is 11.0. The van der Waals surface area contributed by atoms with E-state index < -0.39 is 10.1 Å². The summed E-state index contributed by atoms with van der Waals surface area (Å²) in [4.78, 5) is -0.141. The molecule has 3 N–H and O–H groups in total. The normalized spacial score (nSPS) is 11.9. The topological polar surface area (TPSA) is 80.4 Å². The Bertz CT molecular complexity index is 662. The van der Waals surface area contributed by atoms with Gasteiger partial charge in [-0.25, -0.2) is 0 Å². The monoisotopic (exact) mass is 237 g/mol. The highest BCUT2D eigenvalue weighted by Crippen LogP contribution is 2.26. The SMILES string of the molecule is Cc1ccc2ccc(S(=O)(=O)O)cc2c1N. The van der Waals surface area contributed by atoms with E-state index in [1.807, 2.05) is 19.1 Å². The van der Waals surface area contributed by atoms with Crippen molar-refractivity contribution < 1.29 is 13.0 Å². The van der Waals surface area contributed by atoms with Gasteiger partial charge in [0.2, 0.25) is 0 Å². The maximum Gasteiger partial charge on any atom is 0.294 e. The molecule has 0 amide bonds. The van der Waals surface area contributed by atoms with E-state index >= 15 is 0 Å². The van der Waals surface area contributed by atoms with E-state index in [2.05, 4.69) is 0 Å². The fraction of sp³-hybridized carbons (Fsp3) is 0.0909. The number of nitrogen functional groups attached to an aromatic ring is 1. The molecular weight excluding hydrogens is 226 g/mol. The van der Waals surface area contributed by atoms with E-state index in [9.17, 15) is 8.42 Å². The van der Waals surface area contributed by atoms with Crippen LogP contribution in [-0.2, 0) is 10.1 Å². The third-order valence-electron chi connectivity index (χ3n) is 2.55. The Hall–Kier alpha value is -1.59. The van der Waals surface area contributed by atoms with Gasteiger partial charge in [-0.3, -0.25) is 4.55 Å². The van der Waals surface area contributed by atoms with E-state index in [1.54, 1.807) is 6.07 Å². The van der Waals surface area contributed by atoms with E-state index in [1.165, 1.54) is 12.1 Å².